The van der Waals surface area contributed by atoms with E-state index in [9.17, 15) is 0 Å². The van der Waals surface area contributed by atoms with E-state index < -0.39 is 5.79 Å². The van der Waals surface area contributed by atoms with Crippen LogP contribution in [0.1, 0.15) is 34.6 Å². The van der Waals surface area contributed by atoms with Gasteiger partial charge in [0.15, 0.2) is 0 Å². The van der Waals surface area contributed by atoms with Crippen LogP contribution in [0.2, 0.25) is 0 Å². The molecule has 0 N–H and O–H groups in total. The van der Waals surface area contributed by atoms with Gasteiger partial charge >= 0.3 is 0 Å². The summed E-state index contributed by atoms with van der Waals surface area (Å²) in [4.78, 5) is 10.5. The Morgan fingerprint density at radius 1 is 0.812 bits per heavy atom. The Hall–Kier alpha value is -1.06. The van der Waals surface area contributed by atoms with E-state index in [2.05, 4.69) is 0 Å². The molecule has 0 spiro atoms. The van der Waals surface area contributed by atoms with Crippen molar-refractivity contribution in [3.63, 3.8) is 0 Å². The van der Waals surface area contributed by atoms with Crippen molar-refractivity contribution in [2.75, 3.05) is 0 Å². The molecule has 0 atom stereocenters. The molecule has 0 saturated heterocycles. The summed E-state index contributed by atoms with van der Waals surface area (Å²) in [7, 11) is 0. The minimum atomic E-state index is -0.811. The molecule has 0 aromatic heterocycles. The van der Waals surface area contributed by atoms with Gasteiger partial charge in [0, 0.05) is 13.8 Å². The quantitative estimate of drug-likeness (QED) is 0.444. The zero-order valence-corrected chi connectivity index (χ0v) is 10.6. The average molecular weight is 224 g/mol. The van der Waals surface area contributed by atoms with E-state index in [4.69, 9.17) is 14.5 Å². The Bertz CT molecular complexity index is 312. The van der Waals surface area contributed by atoms with Gasteiger partial charge in [-0.05, 0) is 32.9 Å². The first-order valence-corrected chi connectivity index (χ1v) is 5.39. The summed E-state index contributed by atoms with van der Waals surface area (Å²) in [6.45, 7) is 9.39. The highest BCUT2D eigenvalue weighted by atomic mass is 17.2. The van der Waals surface area contributed by atoms with E-state index in [1.807, 2.05) is 65.0 Å². The van der Waals surface area contributed by atoms with Crippen LogP contribution in [-0.2, 0) is 9.78 Å². The largest absolute Gasteiger partial charge is 0.460 e. The summed E-state index contributed by atoms with van der Waals surface area (Å²) in [5, 5.41) is 0. The summed E-state index contributed by atoms with van der Waals surface area (Å²) in [6.07, 6.45) is 0. The lowest BCUT2D eigenvalue weighted by atomic mass is 10.2. The van der Waals surface area contributed by atoms with Gasteiger partial charge < -0.3 is 4.74 Å². The minimum Gasteiger partial charge on any atom is -0.460 e. The molecule has 0 bridgehead atoms. The Morgan fingerprint density at radius 2 is 1.38 bits per heavy atom. The predicted molar refractivity (Wildman–Crippen MR) is 63.1 cm³/mol. The molecule has 0 aliphatic heterocycles. The Labute approximate surface area is 97.3 Å². The highest BCUT2D eigenvalue weighted by molar-refractivity contribution is 5.21. The third kappa shape index (κ3) is 5.14. The maximum absolute atomic E-state index is 5.65. The van der Waals surface area contributed by atoms with Crippen LogP contribution in [0.15, 0.2) is 30.3 Å². The molecule has 16 heavy (non-hydrogen) atoms. The normalized spacial score (nSPS) is 12.6. The van der Waals surface area contributed by atoms with Gasteiger partial charge in [-0.15, -0.1) is 0 Å². The van der Waals surface area contributed by atoms with Gasteiger partial charge in [0.25, 0.3) is 0 Å². The van der Waals surface area contributed by atoms with E-state index in [1.54, 1.807) is 0 Å². The third-order valence-corrected chi connectivity index (χ3v) is 1.60. The zero-order valence-electron chi connectivity index (χ0n) is 10.6. The number of hydrogen-bond acceptors (Lipinski definition) is 3. The van der Waals surface area contributed by atoms with Crippen molar-refractivity contribution < 1.29 is 14.5 Å². The van der Waals surface area contributed by atoms with Crippen molar-refractivity contribution in [3.8, 4) is 5.75 Å². The highest BCUT2D eigenvalue weighted by Crippen LogP contribution is 2.21. The van der Waals surface area contributed by atoms with Gasteiger partial charge in [0.1, 0.15) is 5.75 Å². The molecule has 1 aromatic carbocycles. The van der Waals surface area contributed by atoms with Crippen molar-refractivity contribution in [2.45, 2.75) is 46.0 Å². The molecular formula is C13H20O3. The maximum atomic E-state index is 5.65. The van der Waals surface area contributed by atoms with Gasteiger partial charge in [0.2, 0.25) is 5.79 Å². The van der Waals surface area contributed by atoms with Gasteiger partial charge in [-0.1, -0.05) is 18.2 Å². The summed E-state index contributed by atoms with van der Waals surface area (Å²) in [5.74, 6) is -0.0562. The SMILES string of the molecule is CC(C)(C)OOC(C)(C)Oc1ccccc1. The Kier molecular flexibility index (Phi) is 3.94. The van der Waals surface area contributed by atoms with Crippen LogP contribution in [-0.4, -0.2) is 11.4 Å². The number of para-hydroxylation sites is 1. The molecule has 0 amide bonds. The van der Waals surface area contributed by atoms with E-state index in [-0.39, 0.29) is 5.60 Å². The smallest absolute Gasteiger partial charge is 0.235 e. The van der Waals surface area contributed by atoms with Crippen LogP contribution >= 0.6 is 0 Å². The second kappa shape index (κ2) is 4.85. The lowest BCUT2D eigenvalue weighted by Gasteiger charge is -2.28. The Balaban J connectivity index is 2.52. The summed E-state index contributed by atoms with van der Waals surface area (Å²) in [5.41, 5.74) is -0.350. The number of ether oxygens (including phenoxy) is 1. The second-order valence-corrected chi connectivity index (χ2v) is 5.09. The van der Waals surface area contributed by atoms with Gasteiger partial charge in [-0.3, -0.25) is 0 Å². The molecule has 1 aromatic rings. The predicted octanol–water partition coefficient (Wildman–Crippen LogP) is 3.55. The lowest BCUT2D eigenvalue weighted by Crippen LogP contribution is -2.35. The van der Waals surface area contributed by atoms with Crippen LogP contribution in [0.5, 0.6) is 5.75 Å². The van der Waals surface area contributed by atoms with E-state index in [0.717, 1.165) is 5.75 Å². The minimum absolute atomic E-state index is 0.350. The van der Waals surface area contributed by atoms with Crippen LogP contribution < -0.4 is 4.74 Å². The van der Waals surface area contributed by atoms with Crippen molar-refractivity contribution in [3.05, 3.63) is 30.3 Å². The van der Waals surface area contributed by atoms with Crippen LogP contribution in [0.4, 0.5) is 0 Å². The number of hydrogen-bond donors (Lipinski definition) is 0. The monoisotopic (exact) mass is 224 g/mol. The molecule has 0 saturated carbocycles. The fourth-order valence-electron chi connectivity index (χ4n) is 1.01. The van der Waals surface area contributed by atoms with Crippen LogP contribution in [0.3, 0.4) is 0 Å². The highest BCUT2D eigenvalue weighted by Gasteiger charge is 2.25. The number of benzene rings is 1. The van der Waals surface area contributed by atoms with Gasteiger partial charge in [-0.25, -0.2) is 4.89 Å². The second-order valence-electron chi connectivity index (χ2n) is 5.09. The summed E-state index contributed by atoms with van der Waals surface area (Å²) < 4.78 is 5.65. The van der Waals surface area contributed by atoms with Gasteiger partial charge in [-0.2, -0.15) is 4.89 Å². The first kappa shape index (κ1) is 13.0. The van der Waals surface area contributed by atoms with E-state index >= 15 is 0 Å². The standard InChI is InChI=1S/C13H20O3/c1-12(2,3)15-16-13(4,5)14-11-9-7-6-8-10-11/h6-10H,1-5H3. The number of rotatable bonds is 4. The first-order valence-electron chi connectivity index (χ1n) is 5.39. The molecule has 3 heteroatoms. The summed E-state index contributed by atoms with van der Waals surface area (Å²) in [6, 6.07) is 9.52. The zero-order chi connectivity index (χ0) is 12.2. The Morgan fingerprint density at radius 3 is 1.88 bits per heavy atom. The molecular weight excluding hydrogens is 204 g/mol. The molecule has 0 aliphatic rings. The average Bonchev–Trinajstić information content (AvgIpc) is 2.15. The fraction of sp³-hybridized carbons (Fsp3) is 0.538. The molecule has 1 rings (SSSR count). The topological polar surface area (TPSA) is 27.7 Å². The van der Waals surface area contributed by atoms with Gasteiger partial charge in [0.05, 0.1) is 5.60 Å². The fourth-order valence-corrected chi connectivity index (χ4v) is 1.01. The molecule has 0 aliphatic carbocycles. The third-order valence-electron chi connectivity index (χ3n) is 1.60. The first-order chi connectivity index (χ1) is 7.29. The van der Waals surface area contributed by atoms with Crippen molar-refractivity contribution in [2.24, 2.45) is 0 Å². The molecule has 0 heterocycles. The van der Waals surface area contributed by atoms with Crippen molar-refractivity contribution in [1.82, 2.24) is 0 Å². The molecule has 0 radical (unpaired) electrons. The molecule has 0 fully saturated rings. The van der Waals surface area contributed by atoms with Crippen molar-refractivity contribution >= 4 is 0 Å². The van der Waals surface area contributed by atoms with E-state index in [1.165, 1.54) is 0 Å². The summed E-state index contributed by atoms with van der Waals surface area (Å²) >= 11 is 0. The molecule has 3 nitrogen and oxygen atoms in total. The van der Waals surface area contributed by atoms with Crippen LogP contribution in [0.25, 0.3) is 0 Å². The molecule has 90 valence electrons. The maximum Gasteiger partial charge on any atom is 0.235 e. The lowest BCUT2D eigenvalue weighted by molar-refractivity contribution is -0.434. The van der Waals surface area contributed by atoms with Crippen molar-refractivity contribution in [1.29, 1.82) is 0 Å². The van der Waals surface area contributed by atoms with Crippen LogP contribution in [0, 0.1) is 0 Å². The molecule has 0 unspecified atom stereocenters. The van der Waals surface area contributed by atoms with E-state index in [0.29, 0.717) is 0 Å².